The predicted molar refractivity (Wildman–Crippen MR) is 114 cm³/mol. The molecule has 0 amide bonds. The van der Waals surface area contributed by atoms with Crippen molar-refractivity contribution < 1.29 is 0 Å². The Morgan fingerprint density at radius 2 is 1.08 bits per heavy atom. The Hall–Kier alpha value is -2.24. The first kappa shape index (κ1) is 17.6. The summed E-state index contributed by atoms with van der Waals surface area (Å²) < 4.78 is 0. The SMILES string of the molecule is CN=CCCC[P+](c1ccccc1)(c1ccccc1)c1ccccc1. The molecule has 25 heavy (non-hydrogen) atoms. The molecular weight excluding hydrogens is 321 g/mol. The summed E-state index contributed by atoms with van der Waals surface area (Å²) in [7, 11) is 0.200. The molecule has 0 unspecified atom stereocenters. The van der Waals surface area contributed by atoms with E-state index in [1.807, 2.05) is 13.3 Å². The van der Waals surface area contributed by atoms with Crippen molar-refractivity contribution in [3.63, 3.8) is 0 Å². The Morgan fingerprint density at radius 1 is 0.680 bits per heavy atom. The summed E-state index contributed by atoms with van der Waals surface area (Å²) in [6.45, 7) is 0. The zero-order valence-electron chi connectivity index (χ0n) is 14.8. The molecule has 3 aromatic carbocycles. The van der Waals surface area contributed by atoms with Crippen LogP contribution in [0.3, 0.4) is 0 Å². The van der Waals surface area contributed by atoms with E-state index in [1.165, 1.54) is 15.9 Å². The highest BCUT2D eigenvalue weighted by atomic mass is 31.2. The second kappa shape index (κ2) is 8.74. The van der Waals surface area contributed by atoms with Gasteiger partial charge in [-0.2, -0.15) is 0 Å². The van der Waals surface area contributed by atoms with Crippen molar-refractivity contribution in [1.82, 2.24) is 0 Å². The van der Waals surface area contributed by atoms with E-state index in [0.29, 0.717) is 0 Å². The highest BCUT2D eigenvalue weighted by Gasteiger charge is 2.44. The molecule has 0 fully saturated rings. The van der Waals surface area contributed by atoms with Crippen LogP contribution in [0.4, 0.5) is 0 Å². The van der Waals surface area contributed by atoms with Crippen molar-refractivity contribution in [2.24, 2.45) is 4.99 Å². The molecule has 3 aromatic rings. The zero-order chi connectivity index (χ0) is 17.4. The van der Waals surface area contributed by atoms with E-state index in [2.05, 4.69) is 96.0 Å². The topological polar surface area (TPSA) is 12.4 Å². The van der Waals surface area contributed by atoms with Gasteiger partial charge in [0.05, 0.1) is 6.16 Å². The molecule has 0 N–H and O–H groups in total. The average molecular weight is 346 g/mol. The van der Waals surface area contributed by atoms with Crippen molar-refractivity contribution in [2.45, 2.75) is 12.8 Å². The van der Waals surface area contributed by atoms with Gasteiger partial charge in [0.15, 0.2) is 0 Å². The Morgan fingerprint density at radius 3 is 1.44 bits per heavy atom. The van der Waals surface area contributed by atoms with Crippen LogP contribution in [0.2, 0.25) is 0 Å². The standard InChI is InChI=1S/C23H25NP/c1-24-19-11-12-20-25(21-13-5-2-6-14-21,22-15-7-3-8-16-22)23-17-9-4-10-18-23/h2-10,13-19H,11-12,20H2,1H3/q+1. The normalized spacial score (nSPS) is 11.7. The molecular formula is C23H25NP+. The van der Waals surface area contributed by atoms with Gasteiger partial charge in [0.2, 0.25) is 0 Å². The molecule has 126 valence electrons. The van der Waals surface area contributed by atoms with Crippen molar-refractivity contribution in [2.75, 3.05) is 13.2 Å². The number of rotatable bonds is 7. The van der Waals surface area contributed by atoms with Crippen molar-refractivity contribution in [3.05, 3.63) is 91.0 Å². The van der Waals surface area contributed by atoms with E-state index in [1.54, 1.807) is 0 Å². The Kier molecular flexibility index (Phi) is 6.14. The molecule has 0 saturated carbocycles. The predicted octanol–water partition coefficient (Wildman–Crippen LogP) is 4.46. The van der Waals surface area contributed by atoms with Crippen LogP contribution in [-0.2, 0) is 0 Å². The number of hydrogen-bond donors (Lipinski definition) is 0. The fraction of sp³-hybridized carbons (Fsp3) is 0.174. The summed E-state index contributed by atoms with van der Waals surface area (Å²) in [5.74, 6) is 0. The summed E-state index contributed by atoms with van der Waals surface area (Å²) in [5, 5.41) is 4.38. The monoisotopic (exact) mass is 346 g/mol. The van der Waals surface area contributed by atoms with Crippen LogP contribution in [0.1, 0.15) is 12.8 Å². The summed E-state index contributed by atoms with van der Waals surface area (Å²) in [6.07, 6.45) is 5.38. The molecule has 0 bridgehead atoms. The average Bonchev–Trinajstić information content (AvgIpc) is 2.70. The highest BCUT2D eigenvalue weighted by molar-refractivity contribution is 7.95. The van der Waals surface area contributed by atoms with Crippen LogP contribution < -0.4 is 15.9 Å². The zero-order valence-corrected chi connectivity index (χ0v) is 15.6. The largest absolute Gasteiger partial charge is 0.301 e. The smallest absolute Gasteiger partial charge is 0.112 e. The molecule has 0 aromatic heterocycles. The van der Waals surface area contributed by atoms with E-state index in [9.17, 15) is 0 Å². The van der Waals surface area contributed by atoms with Gasteiger partial charge in [-0.25, -0.2) is 0 Å². The third-order valence-electron chi connectivity index (χ3n) is 4.60. The second-order valence-corrected chi connectivity index (χ2v) is 9.74. The maximum Gasteiger partial charge on any atom is 0.112 e. The van der Waals surface area contributed by atoms with Crippen LogP contribution in [0, 0.1) is 0 Å². The summed E-state index contributed by atoms with van der Waals surface area (Å²) in [4.78, 5) is 4.16. The number of aliphatic imine (C=N–C) groups is 1. The van der Waals surface area contributed by atoms with E-state index in [-0.39, 0.29) is 0 Å². The van der Waals surface area contributed by atoms with Gasteiger partial charge in [-0.15, -0.1) is 0 Å². The Labute approximate surface area is 151 Å². The Bertz CT molecular complexity index is 685. The first-order valence-corrected chi connectivity index (χ1v) is 10.8. The first-order valence-electron chi connectivity index (χ1n) is 8.83. The Balaban J connectivity index is 2.16. The molecule has 0 aliphatic carbocycles. The lowest BCUT2D eigenvalue weighted by Gasteiger charge is -2.27. The van der Waals surface area contributed by atoms with Crippen LogP contribution in [0.25, 0.3) is 0 Å². The molecule has 0 spiro atoms. The number of unbranched alkanes of at least 4 members (excludes halogenated alkanes) is 1. The van der Waals surface area contributed by atoms with Gasteiger partial charge < -0.3 is 4.99 Å². The fourth-order valence-corrected chi connectivity index (χ4v) is 7.80. The molecule has 1 nitrogen and oxygen atoms in total. The third-order valence-corrected chi connectivity index (χ3v) is 9.13. The number of nitrogens with zero attached hydrogens (tertiary/aromatic N) is 1. The lowest BCUT2D eigenvalue weighted by atomic mass is 10.3. The molecule has 0 heterocycles. The van der Waals surface area contributed by atoms with Crippen LogP contribution in [0.15, 0.2) is 96.0 Å². The molecule has 0 aliphatic rings. The molecule has 3 rings (SSSR count). The van der Waals surface area contributed by atoms with Gasteiger partial charge in [-0.1, -0.05) is 54.6 Å². The third kappa shape index (κ3) is 3.89. The van der Waals surface area contributed by atoms with Gasteiger partial charge >= 0.3 is 0 Å². The first-order chi connectivity index (χ1) is 12.4. The quantitative estimate of drug-likeness (QED) is 0.340. The van der Waals surface area contributed by atoms with Gasteiger partial charge in [0.1, 0.15) is 23.2 Å². The minimum absolute atomic E-state index is 1.03. The maximum atomic E-state index is 4.16. The van der Waals surface area contributed by atoms with Gasteiger partial charge in [0.25, 0.3) is 0 Å². The van der Waals surface area contributed by atoms with Crippen molar-refractivity contribution in [3.8, 4) is 0 Å². The van der Waals surface area contributed by atoms with Gasteiger partial charge in [-0.3, -0.25) is 0 Å². The highest BCUT2D eigenvalue weighted by Crippen LogP contribution is 2.55. The molecule has 0 radical (unpaired) electrons. The maximum absolute atomic E-state index is 4.16. The van der Waals surface area contributed by atoms with Gasteiger partial charge in [-0.05, 0) is 55.5 Å². The lowest BCUT2D eigenvalue weighted by molar-refractivity contribution is 1.01. The molecule has 0 saturated heterocycles. The summed E-state index contributed by atoms with van der Waals surface area (Å²) >= 11 is 0. The lowest BCUT2D eigenvalue weighted by Crippen LogP contribution is -2.33. The minimum Gasteiger partial charge on any atom is -0.301 e. The molecule has 2 heteroatoms. The van der Waals surface area contributed by atoms with Gasteiger partial charge in [0, 0.05) is 7.05 Å². The van der Waals surface area contributed by atoms with Crippen LogP contribution >= 0.6 is 7.26 Å². The second-order valence-electron chi connectivity index (χ2n) is 6.12. The van der Waals surface area contributed by atoms with Crippen LogP contribution in [-0.4, -0.2) is 19.4 Å². The van der Waals surface area contributed by atoms with Crippen LogP contribution in [0.5, 0.6) is 0 Å². The van der Waals surface area contributed by atoms with E-state index in [4.69, 9.17) is 0 Å². The fourth-order valence-electron chi connectivity index (χ4n) is 3.43. The minimum atomic E-state index is -1.66. The summed E-state index contributed by atoms with van der Waals surface area (Å²) in [5.41, 5.74) is 0. The number of hydrogen-bond acceptors (Lipinski definition) is 1. The van der Waals surface area contributed by atoms with E-state index in [0.717, 1.165) is 19.0 Å². The summed E-state index contributed by atoms with van der Waals surface area (Å²) in [6, 6.07) is 33.2. The van der Waals surface area contributed by atoms with Crippen molar-refractivity contribution in [1.29, 1.82) is 0 Å². The van der Waals surface area contributed by atoms with E-state index < -0.39 is 7.26 Å². The molecule has 0 atom stereocenters. The van der Waals surface area contributed by atoms with E-state index >= 15 is 0 Å². The number of benzene rings is 3. The molecule has 0 aliphatic heterocycles. The van der Waals surface area contributed by atoms with Crippen molar-refractivity contribution >= 4 is 29.4 Å².